The van der Waals surface area contributed by atoms with Crippen molar-refractivity contribution in [2.24, 2.45) is 5.41 Å². The third-order valence-corrected chi connectivity index (χ3v) is 4.16. The smallest absolute Gasteiger partial charge is 0.0424 e. The van der Waals surface area contributed by atoms with Gasteiger partial charge in [0.15, 0.2) is 0 Å². The van der Waals surface area contributed by atoms with Gasteiger partial charge in [0, 0.05) is 22.6 Å². The highest BCUT2D eigenvalue weighted by Crippen LogP contribution is 2.35. The highest BCUT2D eigenvalue weighted by atomic mass is 35.5. The Bertz CT molecular complexity index is 395. The monoisotopic (exact) mass is 285 g/mol. The quantitative estimate of drug-likeness (QED) is 0.819. The molecule has 1 saturated carbocycles. The second-order valence-corrected chi connectivity index (χ2v) is 6.99. The molecular formula is C15H21Cl2N. The molecule has 1 N–H and O–H groups in total. The molecule has 3 heteroatoms. The average Bonchev–Trinajstić information content (AvgIpc) is 2.24. The molecule has 1 atom stereocenters. The molecule has 0 aliphatic heterocycles. The Morgan fingerprint density at radius 1 is 1.22 bits per heavy atom. The van der Waals surface area contributed by atoms with Crippen LogP contribution in [0.1, 0.15) is 45.1 Å². The van der Waals surface area contributed by atoms with Crippen LogP contribution in [0.2, 0.25) is 10.0 Å². The fourth-order valence-corrected chi connectivity index (χ4v) is 3.42. The number of hydrogen-bond acceptors (Lipinski definition) is 1. The van der Waals surface area contributed by atoms with E-state index < -0.39 is 0 Å². The van der Waals surface area contributed by atoms with Gasteiger partial charge >= 0.3 is 0 Å². The Labute approximate surface area is 120 Å². The van der Waals surface area contributed by atoms with Crippen molar-refractivity contribution in [3.63, 3.8) is 0 Å². The Kier molecular flexibility index (Phi) is 4.58. The summed E-state index contributed by atoms with van der Waals surface area (Å²) in [5.41, 5.74) is 1.64. The van der Waals surface area contributed by atoms with Crippen molar-refractivity contribution in [3.05, 3.63) is 33.8 Å². The molecule has 0 saturated heterocycles. The first-order valence-electron chi connectivity index (χ1n) is 6.63. The van der Waals surface area contributed by atoms with Crippen LogP contribution in [0, 0.1) is 5.41 Å². The van der Waals surface area contributed by atoms with E-state index in [1.807, 2.05) is 12.1 Å². The molecule has 1 nitrogen and oxygen atoms in total. The predicted octanol–water partition coefficient (Wildman–Crippen LogP) is 5.05. The van der Waals surface area contributed by atoms with Crippen molar-refractivity contribution in [2.45, 2.75) is 52.1 Å². The zero-order chi connectivity index (χ0) is 13.2. The Morgan fingerprint density at radius 3 is 2.50 bits per heavy atom. The molecule has 0 heterocycles. The largest absolute Gasteiger partial charge is 0.310 e. The van der Waals surface area contributed by atoms with Crippen LogP contribution in [-0.4, -0.2) is 6.04 Å². The summed E-state index contributed by atoms with van der Waals surface area (Å²) in [5, 5.41) is 5.05. The number of nitrogens with one attached hydrogen (secondary N) is 1. The van der Waals surface area contributed by atoms with Gasteiger partial charge in [0.1, 0.15) is 0 Å². The van der Waals surface area contributed by atoms with E-state index >= 15 is 0 Å². The molecule has 1 aliphatic carbocycles. The molecule has 0 amide bonds. The lowest BCUT2D eigenvalue weighted by Crippen LogP contribution is -2.36. The second-order valence-electron chi connectivity index (χ2n) is 6.12. The van der Waals surface area contributed by atoms with Crippen LogP contribution in [0.15, 0.2) is 18.2 Å². The fraction of sp³-hybridized carbons (Fsp3) is 0.600. The number of halogens is 2. The van der Waals surface area contributed by atoms with Gasteiger partial charge in [-0.25, -0.2) is 0 Å². The van der Waals surface area contributed by atoms with Gasteiger partial charge in [-0.1, -0.05) is 43.5 Å². The van der Waals surface area contributed by atoms with E-state index in [4.69, 9.17) is 23.2 Å². The summed E-state index contributed by atoms with van der Waals surface area (Å²) < 4.78 is 0. The summed E-state index contributed by atoms with van der Waals surface area (Å²) in [6.07, 6.45) is 5.19. The summed E-state index contributed by atoms with van der Waals surface area (Å²) in [4.78, 5) is 0. The van der Waals surface area contributed by atoms with E-state index in [9.17, 15) is 0 Å². The summed E-state index contributed by atoms with van der Waals surface area (Å²) >= 11 is 12.0. The molecule has 18 heavy (non-hydrogen) atoms. The van der Waals surface area contributed by atoms with E-state index in [1.54, 1.807) is 6.07 Å². The molecule has 1 aromatic rings. The first-order chi connectivity index (χ1) is 8.44. The van der Waals surface area contributed by atoms with Crippen molar-refractivity contribution in [3.8, 4) is 0 Å². The summed E-state index contributed by atoms with van der Waals surface area (Å²) in [5.74, 6) is 0. The molecule has 0 radical (unpaired) electrons. The highest BCUT2D eigenvalue weighted by molar-refractivity contribution is 6.34. The standard InChI is InChI=1S/C15H21Cl2N/c1-15(2)5-3-4-14(9-15)18-10-11-6-12(16)8-13(17)7-11/h6-8,14,18H,3-5,9-10H2,1-2H3. The second kappa shape index (κ2) is 5.81. The van der Waals surface area contributed by atoms with Gasteiger partial charge in [-0.05, 0) is 48.4 Å². The van der Waals surface area contributed by atoms with Gasteiger partial charge in [0.2, 0.25) is 0 Å². The minimum absolute atomic E-state index is 0.474. The van der Waals surface area contributed by atoms with Crippen LogP contribution in [0.5, 0.6) is 0 Å². The van der Waals surface area contributed by atoms with E-state index in [2.05, 4.69) is 19.2 Å². The third kappa shape index (κ3) is 4.15. The Balaban J connectivity index is 1.91. The van der Waals surface area contributed by atoms with Gasteiger partial charge in [0.05, 0.1) is 0 Å². The van der Waals surface area contributed by atoms with E-state index in [-0.39, 0.29) is 0 Å². The first-order valence-corrected chi connectivity index (χ1v) is 7.39. The third-order valence-electron chi connectivity index (χ3n) is 3.72. The molecule has 1 aromatic carbocycles. The van der Waals surface area contributed by atoms with Crippen LogP contribution < -0.4 is 5.32 Å². The lowest BCUT2D eigenvalue weighted by Gasteiger charge is -2.35. The normalized spacial score (nSPS) is 23.0. The molecule has 100 valence electrons. The minimum atomic E-state index is 0.474. The maximum Gasteiger partial charge on any atom is 0.0424 e. The van der Waals surface area contributed by atoms with Gasteiger partial charge in [-0.3, -0.25) is 0 Å². The number of benzene rings is 1. The lowest BCUT2D eigenvalue weighted by molar-refractivity contribution is 0.198. The zero-order valence-corrected chi connectivity index (χ0v) is 12.6. The number of hydrogen-bond donors (Lipinski definition) is 1. The van der Waals surface area contributed by atoms with Crippen molar-refractivity contribution >= 4 is 23.2 Å². The zero-order valence-electron chi connectivity index (χ0n) is 11.1. The summed E-state index contributed by atoms with van der Waals surface area (Å²) in [7, 11) is 0. The predicted molar refractivity (Wildman–Crippen MR) is 79.3 cm³/mol. The minimum Gasteiger partial charge on any atom is -0.310 e. The maximum atomic E-state index is 6.00. The van der Waals surface area contributed by atoms with Crippen molar-refractivity contribution in [2.75, 3.05) is 0 Å². The van der Waals surface area contributed by atoms with Crippen molar-refractivity contribution in [1.29, 1.82) is 0 Å². The van der Waals surface area contributed by atoms with Crippen LogP contribution >= 0.6 is 23.2 Å². The van der Waals surface area contributed by atoms with Gasteiger partial charge < -0.3 is 5.32 Å². The maximum absolute atomic E-state index is 6.00. The van der Waals surface area contributed by atoms with Gasteiger partial charge in [-0.2, -0.15) is 0 Å². The molecule has 0 bridgehead atoms. The summed E-state index contributed by atoms with van der Waals surface area (Å²) in [6, 6.07) is 6.35. The van der Waals surface area contributed by atoms with Crippen LogP contribution in [-0.2, 0) is 6.54 Å². The molecule has 0 spiro atoms. The Morgan fingerprint density at radius 2 is 1.89 bits per heavy atom. The summed E-state index contributed by atoms with van der Waals surface area (Å²) in [6.45, 7) is 5.56. The van der Waals surface area contributed by atoms with E-state index in [0.717, 1.165) is 12.1 Å². The molecule has 2 rings (SSSR count). The first kappa shape index (κ1) is 14.2. The van der Waals surface area contributed by atoms with E-state index in [0.29, 0.717) is 21.5 Å². The molecular weight excluding hydrogens is 265 g/mol. The van der Waals surface area contributed by atoms with Gasteiger partial charge in [-0.15, -0.1) is 0 Å². The van der Waals surface area contributed by atoms with E-state index in [1.165, 1.54) is 25.7 Å². The average molecular weight is 286 g/mol. The lowest BCUT2D eigenvalue weighted by atomic mass is 9.75. The van der Waals surface area contributed by atoms with Crippen LogP contribution in [0.25, 0.3) is 0 Å². The topological polar surface area (TPSA) is 12.0 Å². The number of rotatable bonds is 3. The molecule has 0 aromatic heterocycles. The van der Waals surface area contributed by atoms with Gasteiger partial charge in [0.25, 0.3) is 0 Å². The Hall–Kier alpha value is -0.240. The highest BCUT2D eigenvalue weighted by Gasteiger charge is 2.27. The van der Waals surface area contributed by atoms with Crippen LogP contribution in [0.3, 0.4) is 0 Å². The fourth-order valence-electron chi connectivity index (χ4n) is 2.85. The molecule has 1 aliphatic rings. The SMILES string of the molecule is CC1(C)CCCC(NCc2cc(Cl)cc(Cl)c2)C1. The molecule has 1 unspecified atom stereocenters. The van der Waals surface area contributed by atoms with Crippen LogP contribution in [0.4, 0.5) is 0 Å². The van der Waals surface area contributed by atoms with Crippen molar-refractivity contribution < 1.29 is 0 Å². The van der Waals surface area contributed by atoms with Crippen molar-refractivity contribution in [1.82, 2.24) is 5.32 Å². The molecule has 1 fully saturated rings.